The first kappa shape index (κ1) is 16.4. The minimum atomic E-state index is -0.743. The molecule has 2 heterocycles. The van der Waals surface area contributed by atoms with Crippen molar-refractivity contribution in [1.29, 1.82) is 0 Å². The van der Waals surface area contributed by atoms with Crippen LogP contribution in [-0.2, 0) is 11.3 Å². The molecular formula is C18H15N3O4. The van der Waals surface area contributed by atoms with Crippen molar-refractivity contribution in [1.82, 2.24) is 14.5 Å². The van der Waals surface area contributed by atoms with Gasteiger partial charge in [0.15, 0.2) is 17.1 Å². The third-order valence-corrected chi connectivity index (χ3v) is 3.69. The molecule has 0 amide bonds. The van der Waals surface area contributed by atoms with E-state index in [2.05, 4.69) is 16.5 Å². The van der Waals surface area contributed by atoms with Crippen LogP contribution in [-0.4, -0.2) is 38.5 Å². The van der Waals surface area contributed by atoms with E-state index in [-0.39, 0.29) is 22.6 Å². The number of nitrogens with zero attached hydrogens (tertiary/aromatic N) is 3. The van der Waals surface area contributed by atoms with Gasteiger partial charge in [-0.3, -0.25) is 4.79 Å². The molecule has 0 fully saturated rings. The van der Waals surface area contributed by atoms with E-state index >= 15 is 0 Å². The molecule has 7 nitrogen and oxygen atoms in total. The van der Waals surface area contributed by atoms with Gasteiger partial charge in [0, 0.05) is 6.54 Å². The summed E-state index contributed by atoms with van der Waals surface area (Å²) in [5, 5.41) is 9.93. The van der Waals surface area contributed by atoms with E-state index in [0.29, 0.717) is 17.7 Å². The number of rotatable bonds is 5. The SMILES string of the molecule is C=CCn1cnc2cc(C(=O)c3ccccc3O)c(C(=O)OC)nc21. The number of carbonyl (C=O) groups is 2. The van der Waals surface area contributed by atoms with Crippen LogP contribution < -0.4 is 0 Å². The number of allylic oxidation sites excluding steroid dienone is 1. The number of aromatic nitrogens is 3. The zero-order valence-corrected chi connectivity index (χ0v) is 13.5. The fourth-order valence-electron chi connectivity index (χ4n) is 2.49. The fourth-order valence-corrected chi connectivity index (χ4v) is 2.49. The standard InChI is InChI=1S/C18H15N3O4/c1-3-8-21-10-19-13-9-12(15(18(24)25-2)20-17(13)21)16(23)11-6-4-5-7-14(11)22/h3-7,9-10,22H,1,8H2,2H3. The van der Waals surface area contributed by atoms with Gasteiger partial charge in [0.25, 0.3) is 0 Å². The number of benzene rings is 1. The number of hydrogen-bond acceptors (Lipinski definition) is 6. The molecule has 0 aliphatic heterocycles. The first-order valence-corrected chi connectivity index (χ1v) is 7.44. The average molecular weight is 337 g/mol. The zero-order chi connectivity index (χ0) is 18.0. The zero-order valence-electron chi connectivity index (χ0n) is 13.5. The van der Waals surface area contributed by atoms with Crippen LogP contribution in [0.5, 0.6) is 5.75 Å². The number of aromatic hydroxyl groups is 1. The lowest BCUT2D eigenvalue weighted by atomic mass is 10.0. The first-order chi connectivity index (χ1) is 12.1. The van der Waals surface area contributed by atoms with E-state index < -0.39 is 11.8 Å². The summed E-state index contributed by atoms with van der Waals surface area (Å²) in [6, 6.07) is 7.57. The van der Waals surface area contributed by atoms with E-state index in [4.69, 9.17) is 4.74 Å². The van der Waals surface area contributed by atoms with E-state index in [1.807, 2.05) is 0 Å². The summed E-state index contributed by atoms with van der Waals surface area (Å²) in [5.41, 5.74) is 0.848. The number of ketones is 1. The van der Waals surface area contributed by atoms with Crippen LogP contribution in [0.2, 0.25) is 0 Å². The maximum Gasteiger partial charge on any atom is 0.357 e. The van der Waals surface area contributed by atoms with Gasteiger partial charge in [-0.05, 0) is 18.2 Å². The predicted octanol–water partition coefficient (Wildman–Crippen LogP) is 2.34. The number of para-hydroxylation sites is 1. The summed E-state index contributed by atoms with van der Waals surface area (Å²) in [5.74, 6) is -1.46. The van der Waals surface area contributed by atoms with Crippen molar-refractivity contribution in [3.05, 3.63) is 66.1 Å². The Bertz CT molecular complexity index is 991. The number of carbonyl (C=O) groups excluding carboxylic acids is 2. The molecule has 0 unspecified atom stereocenters. The van der Waals surface area contributed by atoms with Gasteiger partial charge in [-0.1, -0.05) is 18.2 Å². The second-order valence-corrected chi connectivity index (χ2v) is 5.25. The molecule has 0 bridgehead atoms. The van der Waals surface area contributed by atoms with Gasteiger partial charge in [-0.25, -0.2) is 14.8 Å². The quantitative estimate of drug-likeness (QED) is 0.436. The Labute approximate surface area is 143 Å². The Morgan fingerprint density at radius 1 is 1.32 bits per heavy atom. The normalized spacial score (nSPS) is 10.6. The second-order valence-electron chi connectivity index (χ2n) is 5.25. The summed E-state index contributed by atoms with van der Waals surface area (Å²) in [6.45, 7) is 4.12. The Hall–Kier alpha value is -3.48. The first-order valence-electron chi connectivity index (χ1n) is 7.44. The monoisotopic (exact) mass is 337 g/mol. The van der Waals surface area contributed by atoms with Crippen LogP contribution in [0.3, 0.4) is 0 Å². The van der Waals surface area contributed by atoms with E-state index in [1.165, 1.54) is 25.3 Å². The van der Waals surface area contributed by atoms with Crippen LogP contribution in [0.15, 0.2) is 49.3 Å². The Morgan fingerprint density at radius 3 is 2.76 bits per heavy atom. The molecule has 126 valence electrons. The van der Waals surface area contributed by atoms with Crippen LogP contribution in [0, 0.1) is 0 Å². The van der Waals surface area contributed by atoms with Gasteiger partial charge in [-0.2, -0.15) is 0 Å². The number of pyridine rings is 1. The van der Waals surface area contributed by atoms with Crippen LogP contribution in [0.1, 0.15) is 26.4 Å². The molecule has 0 saturated heterocycles. The minimum Gasteiger partial charge on any atom is -0.507 e. The summed E-state index contributed by atoms with van der Waals surface area (Å²) in [6.07, 6.45) is 3.22. The third-order valence-electron chi connectivity index (χ3n) is 3.69. The van der Waals surface area contributed by atoms with Gasteiger partial charge in [-0.15, -0.1) is 6.58 Å². The average Bonchev–Trinajstić information content (AvgIpc) is 3.02. The number of phenolic OH excluding ortho intramolecular Hbond substituents is 1. The number of hydrogen-bond donors (Lipinski definition) is 1. The van der Waals surface area contributed by atoms with Crippen molar-refractivity contribution in [2.75, 3.05) is 7.11 Å². The summed E-state index contributed by atoms with van der Waals surface area (Å²) < 4.78 is 6.45. The summed E-state index contributed by atoms with van der Waals surface area (Å²) in [4.78, 5) is 33.5. The van der Waals surface area contributed by atoms with Crippen molar-refractivity contribution in [3.63, 3.8) is 0 Å². The summed E-state index contributed by atoms with van der Waals surface area (Å²) in [7, 11) is 1.21. The van der Waals surface area contributed by atoms with Gasteiger partial charge < -0.3 is 14.4 Å². The van der Waals surface area contributed by atoms with Crippen molar-refractivity contribution in [2.45, 2.75) is 6.54 Å². The molecular weight excluding hydrogens is 322 g/mol. The number of phenols is 1. The van der Waals surface area contributed by atoms with Crippen LogP contribution in [0.4, 0.5) is 0 Å². The molecule has 0 spiro atoms. The summed E-state index contributed by atoms with van der Waals surface area (Å²) >= 11 is 0. The number of fused-ring (bicyclic) bond motifs is 1. The number of ether oxygens (including phenoxy) is 1. The second kappa shape index (κ2) is 6.56. The smallest absolute Gasteiger partial charge is 0.357 e. The number of methoxy groups -OCH3 is 1. The highest BCUT2D eigenvalue weighted by molar-refractivity contribution is 6.16. The number of imidazole rings is 1. The van der Waals surface area contributed by atoms with E-state index in [0.717, 1.165) is 0 Å². The lowest BCUT2D eigenvalue weighted by molar-refractivity contribution is 0.0591. The van der Waals surface area contributed by atoms with E-state index in [9.17, 15) is 14.7 Å². The Morgan fingerprint density at radius 2 is 2.08 bits per heavy atom. The van der Waals surface area contributed by atoms with Crippen molar-refractivity contribution in [2.24, 2.45) is 0 Å². The minimum absolute atomic E-state index is 0.0182. The topological polar surface area (TPSA) is 94.3 Å². The highest BCUT2D eigenvalue weighted by Gasteiger charge is 2.24. The maximum absolute atomic E-state index is 12.8. The predicted molar refractivity (Wildman–Crippen MR) is 90.6 cm³/mol. The molecule has 2 aromatic heterocycles. The van der Waals surface area contributed by atoms with Crippen molar-refractivity contribution >= 4 is 22.9 Å². The van der Waals surface area contributed by atoms with Gasteiger partial charge in [0.05, 0.1) is 24.6 Å². The Kier molecular flexibility index (Phi) is 4.30. The van der Waals surface area contributed by atoms with Crippen LogP contribution in [0.25, 0.3) is 11.2 Å². The van der Waals surface area contributed by atoms with Gasteiger partial charge in [0.1, 0.15) is 11.3 Å². The molecule has 0 aliphatic carbocycles. The molecule has 3 aromatic rings. The van der Waals surface area contributed by atoms with Crippen molar-refractivity contribution < 1.29 is 19.4 Å². The van der Waals surface area contributed by atoms with Gasteiger partial charge >= 0.3 is 5.97 Å². The van der Waals surface area contributed by atoms with Crippen molar-refractivity contribution in [3.8, 4) is 5.75 Å². The highest BCUT2D eigenvalue weighted by Crippen LogP contribution is 2.24. The fraction of sp³-hybridized carbons (Fsp3) is 0.111. The molecule has 0 saturated carbocycles. The maximum atomic E-state index is 12.8. The largest absolute Gasteiger partial charge is 0.507 e. The molecule has 1 aromatic carbocycles. The lowest BCUT2D eigenvalue weighted by Gasteiger charge is -2.09. The Balaban J connectivity index is 2.22. The third kappa shape index (κ3) is 2.87. The van der Waals surface area contributed by atoms with Gasteiger partial charge in [0.2, 0.25) is 0 Å². The lowest BCUT2D eigenvalue weighted by Crippen LogP contribution is -2.14. The number of esters is 1. The molecule has 25 heavy (non-hydrogen) atoms. The molecule has 7 heteroatoms. The van der Waals surface area contributed by atoms with E-state index in [1.54, 1.807) is 29.1 Å². The highest BCUT2D eigenvalue weighted by atomic mass is 16.5. The molecule has 3 rings (SSSR count). The molecule has 0 aliphatic rings. The van der Waals surface area contributed by atoms with Crippen LogP contribution >= 0.6 is 0 Å². The molecule has 1 N–H and O–H groups in total. The molecule has 0 atom stereocenters. The molecule has 0 radical (unpaired) electrons.